The number of benzene rings is 1. The molecule has 0 aliphatic heterocycles. The maximum absolute atomic E-state index is 11.2. The number of amides is 1. The molecule has 1 aromatic carbocycles. The standard InChI is InChI=1S/C18H34O2.C10H12ClNO2/c1-2-3-4-5-6-7-8-9-10-11-12-13-14-15-16-17-18(19)20;1-7(2)14-10(13)12-9-5-3-4-8(11)6-9/h9-10H,2-8,11-17H2,1H3,(H,19,20);3-7H,1-2H3,(H,12,13). The number of anilines is 1. The quantitative estimate of drug-likeness (QED) is 0.166. The van der Waals surface area contributed by atoms with Crippen LogP contribution in [-0.4, -0.2) is 23.3 Å². The van der Waals surface area contributed by atoms with E-state index in [2.05, 4.69) is 24.4 Å². The highest BCUT2D eigenvalue weighted by atomic mass is 35.5. The van der Waals surface area contributed by atoms with Crippen LogP contribution in [0.15, 0.2) is 36.4 Å². The van der Waals surface area contributed by atoms with E-state index >= 15 is 0 Å². The topological polar surface area (TPSA) is 75.6 Å². The molecule has 0 atom stereocenters. The number of hydrogen-bond acceptors (Lipinski definition) is 3. The first-order valence-electron chi connectivity index (χ1n) is 12.9. The van der Waals surface area contributed by atoms with Gasteiger partial charge in [-0.25, -0.2) is 4.79 Å². The summed E-state index contributed by atoms with van der Waals surface area (Å²) in [6, 6.07) is 6.89. The Morgan fingerprint density at radius 3 is 2.03 bits per heavy atom. The highest BCUT2D eigenvalue weighted by Crippen LogP contribution is 2.15. The fourth-order valence-corrected chi connectivity index (χ4v) is 3.46. The number of carboxylic acid groups (broad SMARTS) is 1. The van der Waals surface area contributed by atoms with Crippen LogP contribution in [0.2, 0.25) is 5.02 Å². The lowest BCUT2D eigenvalue weighted by atomic mass is 10.1. The normalized spacial score (nSPS) is 10.7. The minimum absolute atomic E-state index is 0.130. The molecular weight excluding hydrogens is 450 g/mol. The van der Waals surface area contributed by atoms with Gasteiger partial charge in [-0.1, -0.05) is 88.1 Å². The van der Waals surface area contributed by atoms with E-state index in [4.69, 9.17) is 21.4 Å². The summed E-state index contributed by atoms with van der Waals surface area (Å²) in [5.74, 6) is -0.664. The summed E-state index contributed by atoms with van der Waals surface area (Å²) in [5, 5.41) is 11.7. The Morgan fingerprint density at radius 2 is 1.50 bits per heavy atom. The molecule has 1 rings (SSSR count). The number of ether oxygens (including phenoxy) is 1. The molecule has 194 valence electrons. The lowest BCUT2D eigenvalue weighted by Crippen LogP contribution is -2.17. The van der Waals surface area contributed by atoms with Crippen LogP contribution in [0.1, 0.15) is 111 Å². The van der Waals surface area contributed by atoms with Crippen LogP contribution in [0.3, 0.4) is 0 Å². The molecule has 6 heteroatoms. The number of unbranched alkanes of at least 4 members (excludes halogenated alkanes) is 11. The van der Waals surface area contributed by atoms with Crippen LogP contribution in [0.4, 0.5) is 10.5 Å². The van der Waals surface area contributed by atoms with E-state index in [9.17, 15) is 9.59 Å². The predicted molar refractivity (Wildman–Crippen MR) is 144 cm³/mol. The Kier molecular flexibility index (Phi) is 21.4. The second kappa shape index (κ2) is 22.8. The molecule has 0 radical (unpaired) electrons. The van der Waals surface area contributed by atoms with Crippen LogP contribution in [0.5, 0.6) is 0 Å². The third kappa shape index (κ3) is 23.2. The molecule has 5 nitrogen and oxygen atoms in total. The minimum Gasteiger partial charge on any atom is -0.481 e. The Hall–Kier alpha value is -2.01. The van der Waals surface area contributed by atoms with Gasteiger partial charge in [0.15, 0.2) is 0 Å². The van der Waals surface area contributed by atoms with Crippen LogP contribution < -0.4 is 5.32 Å². The molecule has 0 unspecified atom stereocenters. The van der Waals surface area contributed by atoms with E-state index in [1.54, 1.807) is 38.1 Å². The molecular formula is C28H46ClNO4. The number of nitrogens with one attached hydrogen (secondary N) is 1. The first kappa shape index (κ1) is 32.0. The molecule has 0 aliphatic carbocycles. The number of halogens is 1. The van der Waals surface area contributed by atoms with Crippen LogP contribution >= 0.6 is 11.6 Å². The third-order valence-electron chi connectivity index (χ3n) is 5.07. The monoisotopic (exact) mass is 495 g/mol. The number of allylic oxidation sites excluding steroid dienone is 2. The zero-order valence-electron chi connectivity index (χ0n) is 21.5. The van der Waals surface area contributed by atoms with Crippen molar-refractivity contribution in [3.8, 4) is 0 Å². The minimum atomic E-state index is -0.664. The van der Waals surface area contributed by atoms with Crippen LogP contribution in [0.25, 0.3) is 0 Å². The van der Waals surface area contributed by atoms with Gasteiger partial charge in [-0.05, 0) is 64.2 Å². The molecule has 0 aromatic heterocycles. The average molecular weight is 496 g/mol. The van der Waals surface area contributed by atoms with Crippen molar-refractivity contribution in [2.24, 2.45) is 0 Å². The summed E-state index contributed by atoms with van der Waals surface area (Å²) >= 11 is 5.74. The molecule has 34 heavy (non-hydrogen) atoms. The van der Waals surface area contributed by atoms with Gasteiger partial charge in [0.05, 0.1) is 6.10 Å². The predicted octanol–water partition coefficient (Wildman–Crippen LogP) is 9.41. The molecule has 0 bridgehead atoms. The maximum Gasteiger partial charge on any atom is 0.411 e. The van der Waals surface area contributed by atoms with Crippen molar-refractivity contribution in [1.82, 2.24) is 0 Å². The summed E-state index contributed by atoms with van der Waals surface area (Å²) in [6.45, 7) is 5.84. The number of aliphatic carboxylic acids is 1. The summed E-state index contributed by atoms with van der Waals surface area (Å²) in [4.78, 5) is 21.5. The Morgan fingerprint density at radius 1 is 0.941 bits per heavy atom. The highest BCUT2D eigenvalue weighted by molar-refractivity contribution is 6.30. The summed E-state index contributed by atoms with van der Waals surface area (Å²) in [7, 11) is 0. The molecule has 2 N–H and O–H groups in total. The van der Waals surface area contributed by atoms with Crippen molar-refractivity contribution in [2.45, 2.75) is 117 Å². The van der Waals surface area contributed by atoms with Crippen LogP contribution in [-0.2, 0) is 9.53 Å². The summed E-state index contributed by atoms with van der Waals surface area (Å²) < 4.78 is 4.90. The van der Waals surface area contributed by atoms with E-state index in [1.807, 2.05) is 0 Å². The van der Waals surface area contributed by atoms with Crippen molar-refractivity contribution < 1.29 is 19.4 Å². The lowest BCUT2D eigenvalue weighted by molar-refractivity contribution is -0.137. The lowest BCUT2D eigenvalue weighted by Gasteiger charge is -2.09. The van der Waals surface area contributed by atoms with Gasteiger partial charge in [0.1, 0.15) is 0 Å². The molecule has 0 heterocycles. The van der Waals surface area contributed by atoms with E-state index in [0.717, 1.165) is 12.8 Å². The summed E-state index contributed by atoms with van der Waals surface area (Å²) in [6.07, 6.45) is 20.6. The van der Waals surface area contributed by atoms with E-state index in [0.29, 0.717) is 17.1 Å². The van der Waals surface area contributed by atoms with Gasteiger partial charge in [-0.2, -0.15) is 0 Å². The largest absolute Gasteiger partial charge is 0.481 e. The summed E-state index contributed by atoms with van der Waals surface area (Å²) in [5.41, 5.74) is 0.628. The van der Waals surface area contributed by atoms with Gasteiger partial charge >= 0.3 is 12.1 Å². The number of carboxylic acids is 1. The van der Waals surface area contributed by atoms with Gasteiger partial charge in [0.2, 0.25) is 0 Å². The first-order valence-corrected chi connectivity index (χ1v) is 13.3. The van der Waals surface area contributed by atoms with Gasteiger partial charge < -0.3 is 9.84 Å². The first-order chi connectivity index (χ1) is 16.3. The van der Waals surface area contributed by atoms with Crippen molar-refractivity contribution in [2.75, 3.05) is 5.32 Å². The SMILES string of the molecule is CC(C)OC(=O)Nc1cccc(Cl)c1.CCCCCCCCC=CCCCCCCCC(=O)O. The second-order valence-electron chi connectivity index (χ2n) is 8.82. The average Bonchev–Trinajstić information content (AvgIpc) is 2.76. The zero-order chi connectivity index (χ0) is 25.4. The number of carbonyl (C=O) groups is 2. The zero-order valence-corrected chi connectivity index (χ0v) is 22.2. The van der Waals surface area contributed by atoms with Crippen LogP contribution in [0, 0.1) is 0 Å². The van der Waals surface area contributed by atoms with Crippen molar-refractivity contribution in [1.29, 1.82) is 0 Å². The molecule has 0 saturated heterocycles. The molecule has 1 aromatic rings. The molecule has 0 fully saturated rings. The van der Waals surface area contributed by atoms with Gasteiger partial charge in [-0.15, -0.1) is 0 Å². The number of carbonyl (C=O) groups excluding carboxylic acids is 1. The van der Waals surface area contributed by atoms with E-state index in [1.165, 1.54) is 70.6 Å². The highest BCUT2D eigenvalue weighted by Gasteiger charge is 2.05. The van der Waals surface area contributed by atoms with E-state index < -0.39 is 12.1 Å². The Balaban J connectivity index is 0.000000679. The van der Waals surface area contributed by atoms with Crippen molar-refractivity contribution >= 4 is 29.4 Å². The van der Waals surface area contributed by atoms with Gasteiger partial charge in [0.25, 0.3) is 0 Å². The van der Waals surface area contributed by atoms with Crippen molar-refractivity contribution in [3.63, 3.8) is 0 Å². The maximum atomic E-state index is 11.2. The number of rotatable bonds is 17. The Bertz CT molecular complexity index is 676. The molecule has 0 saturated carbocycles. The number of hydrogen-bond donors (Lipinski definition) is 2. The fraction of sp³-hybridized carbons (Fsp3) is 0.643. The molecule has 0 spiro atoms. The van der Waals surface area contributed by atoms with Gasteiger partial charge in [0, 0.05) is 17.1 Å². The third-order valence-corrected chi connectivity index (χ3v) is 5.30. The fourth-order valence-electron chi connectivity index (χ4n) is 3.27. The van der Waals surface area contributed by atoms with Gasteiger partial charge in [-0.3, -0.25) is 10.1 Å². The van der Waals surface area contributed by atoms with E-state index in [-0.39, 0.29) is 6.10 Å². The molecule has 0 aliphatic rings. The van der Waals surface area contributed by atoms with Crippen molar-refractivity contribution in [3.05, 3.63) is 41.4 Å². The second-order valence-corrected chi connectivity index (χ2v) is 9.25. The smallest absolute Gasteiger partial charge is 0.411 e. The Labute approximate surface area is 212 Å². The molecule has 1 amide bonds.